The third-order valence-electron chi connectivity index (χ3n) is 2.95. The van der Waals surface area contributed by atoms with Crippen LogP contribution in [0.3, 0.4) is 0 Å². The van der Waals surface area contributed by atoms with Crippen molar-refractivity contribution in [3.63, 3.8) is 0 Å². The van der Waals surface area contributed by atoms with Crippen molar-refractivity contribution in [3.05, 3.63) is 65.2 Å². The number of nitrogens with one attached hydrogen (secondary N) is 1. The predicted molar refractivity (Wildman–Crippen MR) is 79.0 cm³/mol. The van der Waals surface area contributed by atoms with Crippen LogP contribution in [0.1, 0.15) is 16.7 Å². The number of phenols is 1. The molecular formula is C16H13F3N2O2. The van der Waals surface area contributed by atoms with E-state index in [0.717, 1.165) is 12.1 Å². The minimum absolute atomic E-state index is 0.00313. The molecule has 0 aliphatic heterocycles. The first-order valence-electron chi connectivity index (χ1n) is 6.62. The maximum Gasteiger partial charge on any atom is 0.416 e. The van der Waals surface area contributed by atoms with Crippen molar-refractivity contribution in [1.82, 2.24) is 5.43 Å². The van der Waals surface area contributed by atoms with Gasteiger partial charge in [0.1, 0.15) is 5.75 Å². The molecule has 0 bridgehead atoms. The number of nitrogens with zero attached hydrogens (tertiary/aromatic N) is 1. The Balaban J connectivity index is 1.97. The molecule has 4 nitrogen and oxygen atoms in total. The Morgan fingerprint density at radius 2 is 1.91 bits per heavy atom. The fourth-order valence-corrected chi connectivity index (χ4v) is 1.85. The van der Waals surface area contributed by atoms with Crippen LogP contribution in [0.25, 0.3) is 0 Å². The quantitative estimate of drug-likeness (QED) is 0.671. The summed E-state index contributed by atoms with van der Waals surface area (Å²) in [4.78, 5) is 11.7. The minimum atomic E-state index is -4.45. The van der Waals surface area contributed by atoms with Gasteiger partial charge in [-0.2, -0.15) is 18.3 Å². The Bertz CT molecular complexity index is 727. The molecule has 2 aromatic rings. The zero-order valence-corrected chi connectivity index (χ0v) is 11.8. The van der Waals surface area contributed by atoms with Gasteiger partial charge in [-0.3, -0.25) is 4.79 Å². The molecule has 2 rings (SSSR count). The zero-order valence-electron chi connectivity index (χ0n) is 11.8. The van der Waals surface area contributed by atoms with Crippen molar-refractivity contribution >= 4 is 12.1 Å². The molecule has 120 valence electrons. The van der Waals surface area contributed by atoms with E-state index in [1.54, 1.807) is 18.2 Å². The van der Waals surface area contributed by atoms with Crippen molar-refractivity contribution < 1.29 is 23.1 Å². The van der Waals surface area contributed by atoms with E-state index in [-0.39, 0.29) is 17.7 Å². The first-order chi connectivity index (χ1) is 10.9. The van der Waals surface area contributed by atoms with Crippen LogP contribution in [0, 0.1) is 0 Å². The molecule has 0 aliphatic carbocycles. The summed E-state index contributed by atoms with van der Waals surface area (Å²) in [5.74, 6) is -0.556. The summed E-state index contributed by atoms with van der Waals surface area (Å²) >= 11 is 0. The number of phenolic OH excluding ortho intramolecular Hbond substituents is 1. The van der Waals surface area contributed by atoms with Crippen LogP contribution in [0.5, 0.6) is 5.75 Å². The molecule has 0 saturated heterocycles. The zero-order chi connectivity index (χ0) is 16.9. The monoisotopic (exact) mass is 322 g/mol. The van der Waals surface area contributed by atoms with Crippen LogP contribution in [0.15, 0.2) is 53.6 Å². The second-order valence-corrected chi connectivity index (χ2v) is 4.73. The third-order valence-corrected chi connectivity index (χ3v) is 2.95. The highest BCUT2D eigenvalue weighted by Crippen LogP contribution is 2.29. The molecule has 7 heteroatoms. The second-order valence-electron chi connectivity index (χ2n) is 4.73. The number of hydrogen-bond donors (Lipinski definition) is 2. The Morgan fingerprint density at radius 1 is 1.17 bits per heavy atom. The van der Waals surface area contributed by atoms with Gasteiger partial charge in [0, 0.05) is 5.56 Å². The molecule has 23 heavy (non-hydrogen) atoms. The Labute approximate surface area is 130 Å². The molecule has 0 saturated carbocycles. The fraction of sp³-hybridized carbons (Fsp3) is 0.125. The molecule has 0 fully saturated rings. The lowest BCUT2D eigenvalue weighted by molar-refractivity contribution is -0.137. The number of hydrogen-bond acceptors (Lipinski definition) is 3. The van der Waals surface area contributed by atoms with Crippen molar-refractivity contribution in [2.45, 2.75) is 12.6 Å². The van der Waals surface area contributed by atoms with E-state index in [2.05, 4.69) is 10.5 Å². The van der Waals surface area contributed by atoms with E-state index >= 15 is 0 Å². The van der Waals surface area contributed by atoms with Crippen LogP contribution < -0.4 is 5.43 Å². The van der Waals surface area contributed by atoms with Crippen LogP contribution in [-0.2, 0) is 17.4 Å². The molecule has 0 aromatic heterocycles. The second kappa shape index (κ2) is 6.95. The van der Waals surface area contributed by atoms with Crippen molar-refractivity contribution in [2.75, 3.05) is 0 Å². The molecule has 0 aliphatic rings. The number of carbonyl (C=O) groups is 1. The van der Waals surface area contributed by atoms with E-state index < -0.39 is 17.6 Å². The van der Waals surface area contributed by atoms with E-state index in [1.165, 1.54) is 24.4 Å². The molecular weight excluding hydrogens is 309 g/mol. The number of amides is 1. The number of carbonyl (C=O) groups excluding carboxylic acids is 1. The van der Waals surface area contributed by atoms with Crippen LogP contribution in [0.4, 0.5) is 13.2 Å². The third kappa shape index (κ3) is 4.84. The lowest BCUT2D eigenvalue weighted by atomic mass is 10.1. The Kier molecular flexibility index (Phi) is 5.00. The largest absolute Gasteiger partial charge is 0.507 e. The van der Waals surface area contributed by atoms with Gasteiger partial charge in [-0.05, 0) is 23.8 Å². The predicted octanol–water partition coefficient (Wildman–Crippen LogP) is 3.10. The SMILES string of the molecule is O=C(Cc1cccc(C(F)(F)F)c1)N/N=C/c1ccccc1O. The summed E-state index contributed by atoms with van der Waals surface area (Å²) in [6.45, 7) is 0. The summed E-state index contributed by atoms with van der Waals surface area (Å²) in [5.41, 5.74) is 2.04. The number of benzene rings is 2. The van der Waals surface area contributed by atoms with Crippen LogP contribution >= 0.6 is 0 Å². The molecule has 0 heterocycles. The van der Waals surface area contributed by atoms with Crippen LogP contribution in [-0.4, -0.2) is 17.2 Å². The van der Waals surface area contributed by atoms with Gasteiger partial charge < -0.3 is 5.11 Å². The lowest BCUT2D eigenvalue weighted by Crippen LogP contribution is -2.20. The van der Waals surface area contributed by atoms with E-state index in [4.69, 9.17) is 0 Å². The maximum atomic E-state index is 12.6. The number of rotatable bonds is 4. The number of alkyl halides is 3. The first-order valence-corrected chi connectivity index (χ1v) is 6.62. The van der Waals surface area contributed by atoms with Gasteiger partial charge >= 0.3 is 6.18 Å². The summed E-state index contributed by atoms with van der Waals surface area (Å²) < 4.78 is 37.8. The summed E-state index contributed by atoms with van der Waals surface area (Å²) in [6, 6.07) is 10.9. The number of halogens is 3. The first kappa shape index (κ1) is 16.5. The molecule has 2 N–H and O–H groups in total. The highest BCUT2D eigenvalue weighted by Gasteiger charge is 2.30. The smallest absolute Gasteiger partial charge is 0.416 e. The minimum Gasteiger partial charge on any atom is -0.507 e. The van der Waals surface area contributed by atoms with E-state index in [9.17, 15) is 23.1 Å². The van der Waals surface area contributed by atoms with Crippen molar-refractivity contribution in [1.29, 1.82) is 0 Å². The van der Waals surface area contributed by atoms with E-state index in [0.29, 0.717) is 5.56 Å². The molecule has 0 radical (unpaired) electrons. The van der Waals surface area contributed by atoms with Gasteiger partial charge in [-0.1, -0.05) is 30.3 Å². The van der Waals surface area contributed by atoms with Crippen LogP contribution in [0.2, 0.25) is 0 Å². The van der Waals surface area contributed by atoms with Gasteiger partial charge in [0.2, 0.25) is 5.91 Å². The average molecular weight is 322 g/mol. The van der Waals surface area contributed by atoms with Gasteiger partial charge in [-0.25, -0.2) is 5.43 Å². The summed E-state index contributed by atoms with van der Waals surface area (Å²) in [5, 5.41) is 13.2. The van der Waals surface area contributed by atoms with Crippen molar-refractivity contribution in [2.24, 2.45) is 5.10 Å². The molecule has 0 atom stereocenters. The number of aromatic hydroxyl groups is 1. The molecule has 0 spiro atoms. The lowest BCUT2D eigenvalue weighted by Gasteiger charge is -2.08. The van der Waals surface area contributed by atoms with Gasteiger partial charge in [0.25, 0.3) is 0 Å². The average Bonchev–Trinajstić information content (AvgIpc) is 2.48. The Hall–Kier alpha value is -2.83. The highest BCUT2D eigenvalue weighted by atomic mass is 19.4. The highest BCUT2D eigenvalue weighted by molar-refractivity contribution is 5.85. The normalized spacial score (nSPS) is 11.6. The number of para-hydroxylation sites is 1. The van der Waals surface area contributed by atoms with Gasteiger partial charge in [-0.15, -0.1) is 0 Å². The standard InChI is InChI=1S/C16H13F3N2O2/c17-16(18,19)13-6-3-4-11(8-13)9-15(23)21-20-10-12-5-1-2-7-14(12)22/h1-8,10,22H,9H2,(H,21,23)/b20-10+. The Morgan fingerprint density at radius 3 is 2.61 bits per heavy atom. The summed E-state index contributed by atoms with van der Waals surface area (Å²) in [6.07, 6.45) is -3.43. The van der Waals surface area contributed by atoms with Gasteiger partial charge in [0.15, 0.2) is 0 Å². The maximum absolute atomic E-state index is 12.6. The van der Waals surface area contributed by atoms with E-state index in [1.807, 2.05) is 0 Å². The molecule has 0 unspecified atom stereocenters. The number of hydrazone groups is 1. The van der Waals surface area contributed by atoms with Gasteiger partial charge in [0.05, 0.1) is 18.2 Å². The molecule has 1 amide bonds. The summed E-state index contributed by atoms with van der Waals surface area (Å²) in [7, 11) is 0. The molecule has 2 aromatic carbocycles. The fourth-order valence-electron chi connectivity index (χ4n) is 1.85. The van der Waals surface area contributed by atoms with Crippen molar-refractivity contribution in [3.8, 4) is 5.75 Å². The topological polar surface area (TPSA) is 61.7 Å².